The molecule has 1 aliphatic rings. The standard InChI is InChI=1S/C11H18O2/c1-2-13-11(12)9-5-8-10-6-3-4-7-10/h5,8,10H,2-4,6-7,9H2,1H3. The molecule has 2 heteroatoms. The molecule has 0 aromatic carbocycles. The molecule has 1 aliphatic carbocycles. The van der Waals surface area contributed by atoms with Crippen LogP contribution in [-0.4, -0.2) is 12.6 Å². The van der Waals surface area contributed by atoms with E-state index in [1.165, 1.54) is 25.7 Å². The van der Waals surface area contributed by atoms with Crippen LogP contribution in [0.15, 0.2) is 12.2 Å². The average molecular weight is 182 g/mol. The van der Waals surface area contributed by atoms with E-state index in [9.17, 15) is 4.79 Å². The number of carbonyl (C=O) groups is 1. The van der Waals surface area contributed by atoms with Gasteiger partial charge in [-0.3, -0.25) is 4.79 Å². The van der Waals surface area contributed by atoms with Gasteiger partial charge >= 0.3 is 5.97 Å². The van der Waals surface area contributed by atoms with Crippen LogP contribution < -0.4 is 0 Å². The molecule has 0 aliphatic heterocycles. The molecule has 1 fully saturated rings. The molecule has 0 aromatic rings. The zero-order valence-corrected chi connectivity index (χ0v) is 8.29. The lowest BCUT2D eigenvalue weighted by molar-refractivity contribution is -0.142. The van der Waals surface area contributed by atoms with Gasteiger partial charge in [0, 0.05) is 0 Å². The summed E-state index contributed by atoms with van der Waals surface area (Å²) >= 11 is 0. The number of rotatable bonds is 4. The Labute approximate surface area is 80.0 Å². The molecule has 13 heavy (non-hydrogen) atoms. The van der Waals surface area contributed by atoms with Gasteiger partial charge in [0.1, 0.15) is 0 Å². The summed E-state index contributed by atoms with van der Waals surface area (Å²) in [7, 11) is 0. The molecule has 0 amide bonds. The second-order valence-electron chi connectivity index (χ2n) is 3.48. The van der Waals surface area contributed by atoms with Gasteiger partial charge in [-0.1, -0.05) is 25.0 Å². The van der Waals surface area contributed by atoms with E-state index in [0.717, 1.165) is 5.92 Å². The zero-order valence-electron chi connectivity index (χ0n) is 8.29. The molecular weight excluding hydrogens is 164 g/mol. The van der Waals surface area contributed by atoms with Crippen LogP contribution in [0.25, 0.3) is 0 Å². The third kappa shape index (κ3) is 4.11. The first-order chi connectivity index (χ1) is 6.33. The Morgan fingerprint density at radius 1 is 1.46 bits per heavy atom. The number of esters is 1. The van der Waals surface area contributed by atoms with Crippen molar-refractivity contribution in [2.45, 2.75) is 39.0 Å². The normalized spacial score (nSPS) is 18.2. The van der Waals surface area contributed by atoms with Crippen LogP contribution in [0.4, 0.5) is 0 Å². The van der Waals surface area contributed by atoms with Crippen LogP contribution >= 0.6 is 0 Å². The lowest BCUT2D eigenvalue weighted by Gasteiger charge is -2.00. The first-order valence-electron chi connectivity index (χ1n) is 5.15. The SMILES string of the molecule is CCOC(=O)CC=CC1CCCC1. The van der Waals surface area contributed by atoms with Crippen LogP contribution in [0.2, 0.25) is 0 Å². The van der Waals surface area contributed by atoms with E-state index in [0.29, 0.717) is 13.0 Å². The Morgan fingerprint density at radius 2 is 2.15 bits per heavy atom. The molecule has 0 spiro atoms. The van der Waals surface area contributed by atoms with E-state index < -0.39 is 0 Å². The molecule has 0 saturated heterocycles. The van der Waals surface area contributed by atoms with E-state index in [1.807, 2.05) is 13.0 Å². The highest BCUT2D eigenvalue weighted by Gasteiger charge is 2.11. The van der Waals surface area contributed by atoms with Crippen LogP contribution in [0, 0.1) is 5.92 Å². The van der Waals surface area contributed by atoms with E-state index in [2.05, 4.69) is 6.08 Å². The highest BCUT2D eigenvalue weighted by molar-refractivity contribution is 5.71. The van der Waals surface area contributed by atoms with Crippen molar-refractivity contribution in [2.24, 2.45) is 5.92 Å². The highest BCUT2D eigenvalue weighted by Crippen LogP contribution is 2.25. The number of allylic oxidation sites excluding steroid dienone is 1. The summed E-state index contributed by atoms with van der Waals surface area (Å²) in [5.74, 6) is 0.603. The predicted octanol–water partition coefficient (Wildman–Crippen LogP) is 2.69. The monoisotopic (exact) mass is 182 g/mol. The molecule has 1 rings (SSSR count). The van der Waals surface area contributed by atoms with Crippen molar-refractivity contribution >= 4 is 5.97 Å². The summed E-state index contributed by atoms with van der Waals surface area (Å²) in [5.41, 5.74) is 0. The van der Waals surface area contributed by atoms with Crippen molar-refractivity contribution in [1.29, 1.82) is 0 Å². The van der Waals surface area contributed by atoms with Gasteiger partial charge in [-0.15, -0.1) is 0 Å². The summed E-state index contributed by atoms with van der Waals surface area (Å²) in [6.07, 6.45) is 9.82. The van der Waals surface area contributed by atoms with Crippen molar-refractivity contribution in [3.8, 4) is 0 Å². The van der Waals surface area contributed by atoms with Gasteiger partial charge in [-0.25, -0.2) is 0 Å². The molecule has 0 bridgehead atoms. The maximum absolute atomic E-state index is 10.9. The fourth-order valence-corrected chi connectivity index (χ4v) is 1.73. The minimum atomic E-state index is -0.114. The molecule has 0 atom stereocenters. The lowest BCUT2D eigenvalue weighted by Crippen LogP contribution is -2.01. The summed E-state index contributed by atoms with van der Waals surface area (Å²) < 4.78 is 4.82. The van der Waals surface area contributed by atoms with Crippen molar-refractivity contribution in [2.75, 3.05) is 6.61 Å². The largest absolute Gasteiger partial charge is 0.466 e. The molecular formula is C11H18O2. The molecule has 0 aromatic heterocycles. The van der Waals surface area contributed by atoms with Crippen LogP contribution in [0.3, 0.4) is 0 Å². The first kappa shape index (κ1) is 10.3. The average Bonchev–Trinajstić information content (AvgIpc) is 2.57. The maximum Gasteiger partial charge on any atom is 0.309 e. The third-order valence-electron chi connectivity index (χ3n) is 2.40. The van der Waals surface area contributed by atoms with Gasteiger partial charge in [0.15, 0.2) is 0 Å². The summed E-state index contributed by atoms with van der Waals surface area (Å²) in [4.78, 5) is 10.9. The van der Waals surface area contributed by atoms with Crippen molar-refractivity contribution in [1.82, 2.24) is 0 Å². The van der Waals surface area contributed by atoms with Gasteiger partial charge in [0.2, 0.25) is 0 Å². The molecule has 0 heterocycles. The zero-order chi connectivity index (χ0) is 9.52. The topological polar surface area (TPSA) is 26.3 Å². The quantitative estimate of drug-likeness (QED) is 0.493. The predicted molar refractivity (Wildman–Crippen MR) is 52.3 cm³/mol. The Bertz CT molecular complexity index is 179. The summed E-state index contributed by atoms with van der Waals surface area (Å²) in [5, 5.41) is 0. The lowest BCUT2D eigenvalue weighted by atomic mass is 10.1. The minimum Gasteiger partial charge on any atom is -0.466 e. The van der Waals surface area contributed by atoms with E-state index in [4.69, 9.17) is 4.74 Å². The van der Waals surface area contributed by atoms with Crippen LogP contribution in [-0.2, 0) is 9.53 Å². The molecule has 74 valence electrons. The number of carbonyl (C=O) groups excluding carboxylic acids is 1. The number of hydrogen-bond acceptors (Lipinski definition) is 2. The Hall–Kier alpha value is -0.790. The number of ether oxygens (including phenoxy) is 1. The van der Waals surface area contributed by atoms with Gasteiger partial charge < -0.3 is 4.74 Å². The van der Waals surface area contributed by atoms with Gasteiger partial charge in [0.25, 0.3) is 0 Å². The fraction of sp³-hybridized carbons (Fsp3) is 0.727. The van der Waals surface area contributed by atoms with E-state index in [-0.39, 0.29) is 5.97 Å². The first-order valence-corrected chi connectivity index (χ1v) is 5.15. The van der Waals surface area contributed by atoms with Crippen LogP contribution in [0.5, 0.6) is 0 Å². The molecule has 0 radical (unpaired) electrons. The fourth-order valence-electron chi connectivity index (χ4n) is 1.73. The van der Waals surface area contributed by atoms with Crippen molar-refractivity contribution in [3.05, 3.63) is 12.2 Å². The minimum absolute atomic E-state index is 0.114. The van der Waals surface area contributed by atoms with Crippen molar-refractivity contribution in [3.63, 3.8) is 0 Å². The highest BCUT2D eigenvalue weighted by atomic mass is 16.5. The second-order valence-corrected chi connectivity index (χ2v) is 3.48. The van der Waals surface area contributed by atoms with Gasteiger partial charge in [-0.05, 0) is 25.7 Å². The maximum atomic E-state index is 10.9. The second kappa shape index (κ2) is 5.79. The molecule has 0 unspecified atom stereocenters. The van der Waals surface area contributed by atoms with Gasteiger partial charge in [0.05, 0.1) is 13.0 Å². The summed E-state index contributed by atoms with van der Waals surface area (Å²) in [6.45, 7) is 2.31. The Balaban J connectivity index is 2.12. The Morgan fingerprint density at radius 3 is 2.77 bits per heavy atom. The molecule has 2 nitrogen and oxygen atoms in total. The van der Waals surface area contributed by atoms with Crippen LogP contribution in [0.1, 0.15) is 39.0 Å². The smallest absolute Gasteiger partial charge is 0.309 e. The van der Waals surface area contributed by atoms with E-state index in [1.54, 1.807) is 0 Å². The summed E-state index contributed by atoms with van der Waals surface area (Å²) in [6, 6.07) is 0. The van der Waals surface area contributed by atoms with Crippen molar-refractivity contribution < 1.29 is 9.53 Å². The van der Waals surface area contributed by atoms with Gasteiger partial charge in [-0.2, -0.15) is 0 Å². The Kier molecular flexibility index (Phi) is 4.58. The third-order valence-corrected chi connectivity index (χ3v) is 2.40. The number of hydrogen-bond donors (Lipinski definition) is 0. The molecule has 1 saturated carbocycles. The van der Waals surface area contributed by atoms with E-state index >= 15 is 0 Å². The molecule has 0 N–H and O–H groups in total.